The molecule has 21 heavy (non-hydrogen) atoms. The van der Waals surface area contributed by atoms with E-state index < -0.39 is 18.2 Å². The number of hydrogen-bond donors (Lipinski definition) is 1. The highest BCUT2D eigenvalue weighted by atomic mass is 19.3. The van der Waals surface area contributed by atoms with E-state index in [1.807, 2.05) is 11.9 Å². The minimum atomic E-state index is -3.06. The normalized spacial score (nSPS) is 20.1. The number of likely N-dealkylation sites (N-methyl/N-ethyl adjacent to an activating group) is 1. The molecular weight excluding hydrogens is 283 g/mol. The van der Waals surface area contributed by atoms with E-state index in [2.05, 4.69) is 16.6 Å². The second kappa shape index (κ2) is 6.43. The molecule has 0 amide bonds. The third-order valence-corrected chi connectivity index (χ3v) is 3.89. The first-order valence-corrected chi connectivity index (χ1v) is 6.91. The van der Waals surface area contributed by atoms with E-state index in [0.29, 0.717) is 18.3 Å². The molecule has 118 valence electrons. The Morgan fingerprint density at radius 3 is 2.71 bits per heavy atom. The molecular formula is C14H20F3N3O. The monoisotopic (exact) mass is 303 g/mol. The molecule has 7 heteroatoms. The first-order valence-electron chi connectivity index (χ1n) is 6.91. The minimum Gasteiger partial charge on any atom is -0.432 e. The van der Waals surface area contributed by atoms with E-state index in [9.17, 15) is 13.2 Å². The van der Waals surface area contributed by atoms with Gasteiger partial charge in [0.2, 0.25) is 0 Å². The quantitative estimate of drug-likeness (QED) is 0.868. The predicted molar refractivity (Wildman–Crippen MR) is 76.4 cm³/mol. The summed E-state index contributed by atoms with van der Waals surface area (Å²) in [7, 11) is 2.05. The van der Waals surface area contributed by atoms with Gasteiger partial charge in [0.25, 0.3) is 0 Å². The molecule has 4 nitrogen and oxygen atoms in total. The number of halogens is 3. The lowest BCUT2D eigenvalue weighted by molar-refractivity contribution is -0.0521. The maximum absolute atomic E-state index is 13.6. The van der Waals surface area contributed by atoms with Crippen molar-refractivity contribution in [1.82, 2.24) is 4.90 Å². The predicted octanol–water partition coefficient (Wildman–Crippen LogP) is 2.54. The van der Waals surface area contributed by atoms with Crippen LogP contribution in [0.3, 0.4) is 0 Å². The van der Waals surface area contributed by atoms with Gasteiger partial charge >= 0.3 is 6.61 Å². The number of alkyl halides is 2. The lowest BCUT2D eigenvalue weighted by Crippen LogP contribution is -2.51. The first kappa shape index (κ1) is 15.8. The largest absolute Gasteiger partial charge is 0.432 e. The number of anilines is 2. The smallest absolute Gasteiger partial charge is 0.387 e. The van der Waals surface area contributed by atoms with Crippen LogP contribution in [0.1, 0.15) is 13.3 Å². The number of hydrogen-bond acceptors (Lipinski definition) is 4. The Kier molecular flexibility index (Phi) is 4.82. The van der Waals surface area contributed by atoms with E-state index in [1.165, 1.54) is 6.07 Å². The number of rotatable bonds is 4. The van der Waals surface area contributed by atoms with Crippen molar-refractivity contribution in [2.45, 2.75) is 26.0 Å². The van der Waals surface area contributed by atoms with Crippen molar-refractivity contribution in [3.8, 4) is 5.75 Å². The average molecular weight is 303 g/mol. The van der Waals surface area contributed by atoms with Gasteiger partial charge in [-0.2, -0.15) is 8.78 Å². The van der Waals surface area contributed by atoms with E-state index in [0.717, 1.165) is 25.6 Å². The van der Waals surface area contributed by atoms with Crippen LogP contribution in [0.25, 0.3) is 0 Å². The summed E-state index contributed by atoms with van der Waals surface area (Å²) in [6.45, 7) is 1.28. The molecule has 0 aromatic heterocycles. The zero-order valence-corrected chi connectivity index (χ0v) is 12.2. The molecule has 2 N–H and O–H groups in total. The summed E-state index contributed by atoms with van der Waals surface area (Å²) in [5.41, 5.74) is 6.61. The molecule has 0 radical (unpaired) electrons. The van der Waals surface area contributed by atoms with Crippen LogP contribution in [0.15, 0.2) is 12.1 Å². The van der Waals surface area contributed by atoms with Gasteiger partial charge in [-0.3, -0.25) is 4.90 Å². The highest BCUT2D eigenvalue weighted by Crippen LogP contribution is 2.33. The maximum Gasteiger partial charge on any atom is 0.387 e. The minimum absolute atomic E-state index is 0.230. The summed E-state index contributed by atoms with van der Waals surface area (Å²) in [4.78, 5) is 4.23. The molecule has 1 saturated heterocycles. The standard InChI is InChI=1S/C14H20F3N3O/c1-3-9-8-20(5-4-19(9)2)12-7-13(21-14(16)17)10(15)6-11(12)18/h6-7,9,14H,3-5,8,18H2,1-2H3. The van der Waals surface area contributed by atoms with Crippen LogP contribution < -0.4 is 15.4 Å². The summed E-state index contributed by atoms with van der Waals surface area (Å²) in [5, 5.41) is 0. The molecule has 0 aliphatic carbocycles. The zero-order valence-electron chi connectivity index (χ0n) is 12.2. The van der Waals surface area contributed by atoms with Gasteiger partial charge in [0.1, 0.15) is 0 Å². The van der Waals surface area contributed by atoms with Gasteiger partial charge in [-0.15, -0.1) is 0 Å². The average Bonchev–Trinajstić information content (AvgIpc) is 2.42. The Morgan fingerprint density at radius 1 is 1.38 bits per heavy atom. The van der Waals surface area contributed by atoms with E-state index in [4.69, 9.17) is 5.73 Å². The fourth-order valence-electron chi connectivity index (χ4n) is 2.62. The van der Waals surface area contributed by atoms with Crippen LogP contribution in [0.2, 0.25) is 0 Å². The summed E-state index contributed by atoms with van der Waals surface area (Å²) in [6.07, 6.45) is 0.967. The molecule has 0 saturated carbocycles. The van der Waals surface area contributed by atoms with Crippen LogP contribution >= 0.6 is 0 Å². The maximum atomic E-state index is 13.6. The van der Waals surface area contributed by atoms with E-state index in [1.54, 1.807) is 0 Å². The van der Waals surface area contributed by atoms with Crippen molar-refractivity contribution in [2.75, 3.05) is 37.3 Å². The third kappa shape index (κ3) is 3.53. The van der Waals surface area contributed by atoms with Crippen molar-refractivity contribution >= 4 is 11.4 Å². The SMILES string of the molecule is CCC1CN(c2cc(OC(F)F)c(F)cc2N)CCN1C. The van der Waals surface area contributed by atoms with E-state index >= 15 is 0 Å². The van der Waals surface area contributed by atoms with Crippen LogP contribution in [-0.4, -0.2) is 44.2 Å². The highest BCUT2D eigenvalue weighted by molar-refractivity contribution is 5.70. The summed E-state index contributed by atoms with van der Waals surface area (Å²) in [5.74, 6) is -1.35. The molecule has 1 heterocycles. The first-order chi connectivity index (χ1) is 9.92. The Bertz CT molecular complexity index is 499. The molecule has 1 fully saturated rings. The zero-order chi connectivity index (χ0) is 15.6. The van der Waals surface area contributed by atoms with Gasteiger partial charge in [-0.05, 0) is 13.5 Å². The summed E-state index contributed by atoms with van der Waals surface area (Å²) >= 11 is 0. The van der Waals surface area contributed by atoms with Gasteiger partial charge in [-0.1, -0.05) is 6.92 Å². The van der Waals surface area contributed by atoms with Gasteiger partial charge in [0.15, 0.2) is 11.6 Å². The molecule has 2 rings (SSSR count). The van der Waals surface area contributed by atoms with Crippen LogP contribution in [0.4, 0.5) is 24.5 Å². The molecule has 1 aromatic rings. The number of ether oxygens (including phenoxy) is 1. The molecule has 1 atom stereocenters. The second-order valence-electron chi connectivity index (χ2n) is 5.21. The van der Waals surface area contributed by atoms with Crippen LogP contribution in [0.5, 0.6) is 5.75 Å². The lowest BCUT2D eigenvalue weighted by Gasteiger charge is -2.40. The second-order valence-corrected chi connectivity index (χ2v) is 5.21. The molecule has 0 bridgehead atoms. The fraction of sp³-hybridized carbons (Fsp3) is 0.571. The molecule has 1 aliphatic heterocycles. The Hall–Kier alpha value is -1.63. The number of piperazine rings is 1. The van der Waals surface area contributed by atoms with Crippen molar-refractivity contribution in [1.29, 1.82) is 0 Å². The van der Waals surface area contributed by atoms with Gasteiger partial charge in [0.05, 0.1) is 11.4 Å². The molecule has 1 unspecified atom stereocenters. The van der Waals surface area contributed by atoms with Crippen LogP contribution in [0, 0.1) is 5.82 Å². The number of benzene rings is 1. The van der Waals surface area contributed by atoms with Crippen molar-refractivity contribution in [3.05, 3.63) is 17.9 Å². The summed E-state index contributed by atoms with van der Waals surface area (Å²) in [6, 6.07) is 2.64. The van der Waals surface area contributed by atoms with E-state index in [-0.39, 0.29) is 5.69 Å². The Balaban J connectivity index is 2.26. The van der Waals surface area contributed by atoms with Gasteiger partial charge < -0.3 is 15.4 Å². The lowest BCUT2D eigenvalue weighted by atomic mass is 10.1. The Morgan fingerprint density at radius 2 is 2.10 bits per heavy atom. The van der Waals surface area contributed by atoms with Crippen molar-refractivity contribution in [2.24, 2.45) is 0 Å². The third-order valence-electron chi connectivity index (χ3n) is 3.89. The molecule has 1 aromatic carbocycles. The van der Waals surface area contributed by atoms with Gasteiger partial charge in [-0.25, -0.2) is 4.39 Å². The molecule has 0 spiro atoms. The number of nitrogens with zero attached hydrogens (tertiary/aromatic N) is 2. The highest BCUT2D eigenvalue weighted by Gasteiger charge is 2.25. The van der Waals surface area contributed by atoms with Crippen LogP contribution in [-0.2, 0) is 0 Å². The number of nitrogens with two attached hydrogens (primary N) is 1. The number of nitrogen functional groups attached to an aromatic ring is 1. The topological polar surface area (TPSA) is 41.7 Å². The summed E-state index contributed by atoms with van der Waals surface area (Å²) < 4.78 is 42.4. The van der Waals surface area contributed by atoms with Gasteiger partial charge in [0, 0.05) is 37.8 Å². The molecule has 1 aliphatic rings. The van der Waals surface area contributed by atoms with Crippen molar-refractivity contribution in [3.63, 3.8) is 0 Å². The Labute approximate surface area is 122 Å². The van der Waals surface area contributed by atoms with Crippen molar-refractivity contribution < 1.29 is 17.9 Å². The fourth-order valence-corrected chi connectivity index (χ4v) is 2.62.